The first-order valence-electron chi connectivity index (χ1n) is 16.0. The van der Waals surface area contributed by atoms with Crippen LogP contribution in [0.1, 0.15) is 96.0 Å². The molecule has 0 aliphatic heterocycles. The lowest BCUT2D eigenvalue weighted by atomic mass is 9.99. The summed E-state index contributed by atoms with van der Waals surface area (Å²) in [6, 6.07) is 15.0. The molecule has 3 atom stereocenters. The topological polar surface area (TPSA) is 76.7 Å². The molecule has 228 valence electrons. The van der Waals surface area contributed by atoms with Crippen LogP contribution in [0.15, 0.2) is 89.8 Å². The van der Waals surface area contributed by atoms with Gasteiger partial charge in [0.25, 0.3) is 0 Å². The van der Waals surface area contributed by atoms with Crippen LogP contribution in [0.5, 0.6) is 0 Å². The van der Waals surface area contributed by atoms with Crippen molar-refractivity contribution in [2.75, 3.05) is 5.32 Å². The molecule has 6 heteroatoms. The third-order valence-electron chi connectivity index (χ3n) is 7.43. The minimum Gasteiger partial charge on any atom is -0.367 e. The number of nitrogens with one attached hydrogen (secondary N) is 1. The fraction of sp³-hybridized carbons (Fsp3) is 0.405. The van der Waals surface area contributed by atoms with E-state index >= 15 is 0 Å². The van der Waals surface area contributed by atoms with Gasteiger partial charge in [-0.05, 0) is 60.9 Å². The van der Waals surface area contributed by atoms with E-state index in [1.807, 2.05) is 63.5 Å². The Hall–Kier alpha value is -4.06. The second-order valence-electron chi connectivity index (χ2n) is 10.6. The summed E-state index contributed by atoms with van der Waals surface area (Å²) in [4.78, 5) is 13.4. The van der Waals surface area contributed by atoms with Crippen LogP contribution in [0.4, 0.5) is 5.82 Å². The van der Waals surface area contributed by atoms with Crippen molar-refractivity contribution in [1.29, 1.82) is 0 Å². The van der Waals surface area contributed by atoms with Crippen LogP contribution in [0.2, 0.25) is 0 Å². The summed E-state index contributed by atoms with van der Waals surface area (Å²) in [5.74, 6) is 3.51. The van der Waals surface area contributed by atoms with E-state index in [0.29, 0.717) is 12.0 Å². The zero-order chi connectivity index (χ0) is 30.9. The van der Waals surface area contributed by atoms with Gasteiger partial charge in [0.15, 0.2) is 5.82 Å². The van der Waals surface area contributed by atoms with Gasteiger partial charge in [0.05, 0.1) is 11.4 Å². The van der Waals surface area contributed by atoms with Gasteiger partial charge in [0.1, 0.15) is 5.82 Å². The van der Waals surface area contributed by atoms with E-state index in [0.717, 1.165) is 60.7 Å². The molecule has 0 amide bonds. The maximum Gasteiger partial charge on any atom is 0.233 e. The molecule has 1 aliphatic carbocycles. The third-order valence-corrected chi connectivity index (χ3v) is 7.43. The highest BCUT2D eigenvalue weighted by atomic mass is 16.5. The molecule has 0 saturated carbocycles. The predicted octanol–water partition coefficient (Wildman–Crippen LogP) is 9.77. The molecule has 5 rings (SSSR count). The van der Waals surface area contributed by atoms with Crippen LogP contribution in [-0.2, 0) is 12.8 Å². The first-order chi connectivity index (χ1) is 21.1. The fourth-order valence-electron chi connectivity index (χ4n) is 4.65. The van der Waals surface area contributed by atoms with Crippen molar-refractivity contribution < 1.29 is 4.52 Å². The van der Waals surface area contributed by atoms with E-state index in [9.17, 15) is 0 Å². The first kappa shape index (κ1) is 33.4. The van der Waals surface area contributed by atoms with Crippen LogP contribution in [0.3, 0.4) is 0 Å². The summed E-state index contributed by atoms with van der Waals surface area (Å²) in [6.07, 6.45) is 22.6. The molecule has 1 aromatic carbocycles. The minimum atomic E-state index is 0.276. The number of para-hydroxylation sites is 1. The molecule has 0 saturated heterocycles. The van der Waals surface area contributed by atoms with Crippen molar-refractivity contribution in [2.24, 2.45) is 5.92 Å². The summed E-state index contributed by atoms with van der Waals surface area (Å²) in [5, 5.41) is 8.71. The van der Waals surface area contributed by atoms with Crippen LogP contribution >= 0.6 is 0 Å². The molecule has 1 N–H and O–H groups in total. The van der Waals surface area contributed by atoms with Gasteiger partial charge in [-0.2, -0.15) is 4.98 Å². The summed E-state index contributed by atoms with van der Waals surface area (Å²) >= 11 is 0. The van der Waals surface area contributed by atoms with Crippen molar-refractivity contribution in [1.82, 2.24) is 20.1 Å². The predicted molar refractivity (Wildman–Crippen MR) is 181 cm³/mol. The van der Waals surface area contributed by atoms with Crippen LogP contribution in [0, 0.1) is 5.92 Å². The number of rotatable bonds is 11. The Labute approximate surface area is 258 Å². The number of nitrogens with zero attached hydrogens (tertiary/aromatic N) is 4. The zero-order valence-corrected chi connectivity index (χ0v) is 26.8. The highest BCUT2D eigenvalue weighted by molar-refractivity contribution is 5.80. The van der Waals surface area contributed by atoms with Gasteiger partial charge in [-0.25, -0.2) is 4.98 Å². The van der Waals surface area contributed by atoms with E-state index in [1.54, 1.807) is 0 Å². The lowest BCUT2D eigenvalue weighted by molar-refractivity contribution is 0.363. The normalized spacial score (nSPS) is 15.3. The lowest BCUT2D eigenvalue weighted by Crippen LogP contribution is -2.19. The van der Waals surface area contributed by atoms with Gasteiger partial charge in [-0.15, -0.1) is 0 Å². The number of benzene rings is 1. The Balaban J connectivity index is 0.000000280. The average molecular weight is 580 g/mol. The van der Waals surface area contributed by atoms with Gasteiger partial charge >= 0.3 is 0 Å². The molecule has 43 heavy (non-hydrogen) atoms. The molecule has 3 unspecified atom stereocenters. The molecular formula is C37H49N5O. The van der Waals surface area contributed by atoms with Gasteiger partial charge in [-0.1, -0.05) is 114 Å². The van der Waals surface area contributed by atoms with Gasteiger partial charge in [0, 0.05) is 30.2 Å². The van der Waals surface area contributed by atoms with Crippen molar-refractivity contribution >= 4 is 22.8 Å². The zero-order valence-electron chi connectivity index (χ0n) is 26.8. The van der Waals surface area contributed by atoms with Gasteiger partial charge in [-0.3, -0.25) is 4.98 Å². The molecule has 6 nitrogen and oxygen atoms in total. The number of hydrogen-bond donors (Lipinski definition) is 1. The average Bonchev–Trinajstić information content (AvgIpc) is 3.56. The number of allylic oxidation sites excluding steroid dienone is 4. The summed E-state index contributed by atoms with van der Waals surface area (Å²) in [6.45, 7) is 12.8. The molecule has 3 aromatic heterocycles. The monoisotopic (exact) mass is 579 g/mol. The van der Waals surface area contributed by atoms with Crippen LogP contribution in [-0.4, -0.2) is 26.2 Å². The Morgan fingerprint density at radius 3 is 2.58 bits per heavy atom. The van der Waals surface area contributed by atoms with Crippen LogP contribution < -0.4 is 5.32 Å². The highest BCUT2D eigenvalue weighted by Gasteiger charge is 2.15. The number of fused-ring (bicyclic) bond motifs is 1. The summed E-state index contributed by atoms with van der Waals surface area (Å²) < 4.78 is 5.15. The number of aromatic nitrogens is 4. The van der Waals surface area contributed by atoms with Crippen molar-refractivity contribution in [2.45, 2.75) is 92.0 Å². The molecular weight excluding hydrogens is 530 g/mol. The van der Waals surface area contributed by atoms with Crippen molar-refractivity contribution in [3.05, 3.63) is 108 Å². The molecule has 1 aliphatic rings. The second-order valence-corrected chi connectivity index (χ2v) is 10.6. The van der Waals surface area contributed by atoms with Crippen molar-refractivity contribution in [3.63, 3.8) is 0 Å². The van der Waals surface area contributed by atoms with E-state index in [2.05, 4.69) is 94.8 Å². The van der Waals surface area contributed by atoms with Gasteiger partial charge in [0.2, 0.25) is 5.89 Å². The Bertz CT molecular complexity index is 1450. The Morgan fingerprint density at radius 1 is 1.02 bits per heavy atom. The Kier molecular flexibility index (Phi) is 14.4. The second kappa shape index (κ2) is 18.5. The van der Waals surface area contributed by atoms with E-state index < -0.39 is 0 Å². The summed E-state index contributed by atoms with van der Waals surface area (Å²) in [7, 11) is 0. The standard InChI is InChI=1S/C25H31N3.C10H12N2O.C2H6/c1-4-19(3)16-22-12-9-15-26-25(22)28-23(5-2)13-8-10-20-17-21-11-6-7-14-24(21)27-18-20;1-2-9-11-10(13-12-9)8-6-4-3-5-7-8;1-2/h6-12,14-15,17-19,23H,4-5,13,16H2,1-3H3,(H,26,28);3-6,8H,2,7H2,1H3;1-2H3/b10-8-;;. The molecule has 0 spiro atoms. The maximum atomic E-state index is 5.15. The maximum absolute atomic E-state index is 5.15. The highest BCUT2D eigenvalue weighted by Crippen LogP contribution is 2.23. The van der Waals surface area contributed by atoms with Gasteiger partial charge < -0.3 is 9.84 Å². The van der Waals surface area contributed by atoms with Crippen LogP contribution in [0.25, 0.3) is 17.0 Å². The Morgan fingerprint density at radius 2 is 1.86 bits per heavy atom. The fourth-order valence-corrected chi connectivity index (χ4v) is 4.65. The van der Waals surface area contributed by atoms with E-state index in [-0.39, 0.29) is 5.92 Å². The smallest absolute Gasteiger partial charge is 0.233 e. The quantitative estimate of drug-likeness (QED) is 0.191. The van der Waals surface area contributed by atoms with E-state index in [4.69, 9.17) is 4.52 Å². The molecule has 0 bridgehead atoms. The number of hydrogen-bond acceptors (Lipinski definition) is 6. The van der Waals surface area contributed by atoms with E-state index in [1.165, 1.54) is 17.4 Å². The minimum absolute atomic E-state index is 0.276. The molecule has 0 fully saturated rings. The van der Waals surface area contributed by atoms with Crippen molar-refractivity contribution in [3.8, 4) is 0 Å². The third kappa shape index (κ3) is 10.6. The number of aryl methyl sites for hydroxylation is 1. The molecule has 3 heterocycles. The molecule has 0 radical (unpaired) electrons. The first-order valence-corrected chi connectivity index (χ1v) is 16.0. The summed E-state index contributed by atoms with van der Waals surface area (Å²) in [5.41, 5.74) is 3.50. The number of anilines is 1. The number of pyridine rings is 2. The largest absolute Gasteiger partial charge is 0.367 e. The lowest BCUT2D eigenvalue weighted by Gasteiger charge is -2.19. The SMILES string of the molecule is CC.CCC(C)Cc1cccnc1NC(CC)C/C=C\c1cnc2ccccc2c1.CCc1noc(C2C=CC=CC2)n1. The molecule has 4 aromatic rings.